The van der Waals surface area contributed by atoms with Crippen molar-refractivity contribution < 1.29 is 4.74 Å². The molecule has 1 aliphatic heterocycles. The number of aromatic nitrogens is 1. The molecule has 0 spiro atoms. The molecule has 2 nitrogen and oxygen atoms in total. The number of ether oxygens (including phenoxy) is 1. The van der Waals surface area contributed by atoms with Crippen LogP contribution in [0.15, 0.2) is 24.6 Å². The number of fused-ring (bicyclic) bond motifs is 1. The monoisotopic (exact) mass is 175 g/mol. The Hall–Kier alpha value is -1.31. The van der Waals surface area contributed by atoms with Crippen molar-refractivity contribution in [2.75, 3.05) is 0 Å². The van der Waals surface area contributed by atoms with Gasteiger partial charge in [-0.05, 0) is 17.5 Å². The Morgan fingerprint density at radius 3 is 3.00 bits per heavy atom. The molecule has 0 aromatic carbocycles. The summed E-state index contributed by atoms with van der Waals surface area (Å²) in [5.41, 5.74) is 2.22. The Morgan fingerprint density at radius 1 is 1.54 bits per heavy atom. The number of hydrogen-bond acceptors (Lipinski definition) is 2. The molecule has 2 heterocycles. The van der Waals surface area contributed by atoms with Crippen LogP contribution in [0.3, 0.4) is 0 Å². The lowest BCUT2D eigenvalue weighted by Gasteiger charge is -2.05. The van der Waals surface area contributed by atoms with Crippen molar-refractivity contribution in [3.8, 4) is 5.75 Å². The van der Waals surface area contributed by atoms with Crippen molar-refractivity contribution in [1.29, 1.82) is 0 Å². The van der Waals surface area contributed by atoms with E-state index in [1.807, 2.05) is 6.20 Å². The smallest absolute Gasteiger partial charge is 0.149 e. The van der Waals surface area contributed by atoms with Crippen molar-refractivity contribution in [1.82, 2.24) is 4.98 Å². The van der Waals surface area contributed by atoms with Crippen molar-refractivity contribution in [2.45, 2.75) is 26.2 Å². The predicted molar refractivity (Wildman–Crippen MR) is 51.8 cm³/mol. The van der Waals surface area contributed by atoms with Gasteiger partial charge in [-0.25, -0.2) is 0 Å². The summed E-state index contributed by atoms with van der Waals surface area (Å²) in [4.78, 5) is 4.35. The fourth-order valence-electron chi connectivity index (χ4n) is 1.40. The highest BCUT2D eigenvalue weighted by atomic mass is 16.5. The predicted octanol–water partition coefficient (Wildman–Crippen LogP) is 2.65. The second kappa shape index (κ2) is 2.87. The van der Waals surface area contributed by atoms with Gasteiger partial charge in [0.05, 0.1) is 12.1 Å². The highest BCUT2D eigenvalue weighted by molar-refractivity contribution is 5.39. The molecule has 0 unspecified atom stereocenters. The number of hydrogen-bond donors (Lipinski definition) is 0. The largest absolute Gasteiger partial charge is 0.460 e. The van der Waals surface area contributed by atoms with E-state index in [1.54, 1.807) is 0 Å². The molecule has 0 N–H and O–H groups in total. The topological polar surface area (TPSA) is 22.1 Å². The Labute approximate surface area is 78.3 Å². The summed E-state index contributed by atoms with van der Waals surface area (Å²) in [6.07, 6.45) is 2.68. The lowest BCUT2D eigenvalue weighted by molar-refractivity contribution is 0.448. The van der Waals surface area contributed by atoms with Crippen LogP contribution in [0.1, 0.15) is 31.0 Å². The third-order valence-corrected chi connectivity index (χ3v) is 2.24. The van der Waals surface area contributed by atoms with Crippen LogP contribution >= 0.6 is 0 Å². The van der Waals surface area contributed by atoms with E-state index >= 15 is 0 Å². The first-order chi connectivity index (χ1) is 6.16. The van der Waals surface area contributed by atoms with E-state index in [9.17, 15) is 0 Å². The van der Waals surface area contributed by atoms with E-state index in [0.717, 1.165) is 23.6 Å². The average molecular weight is 175 g/mol. The zero-order valence-electron chi connectivity index (χ0n) is 8.00. The number of pyridine rings is 1. The minimum absolute atomic E-state index is 0.496. The molecular weight excluding hydrogens is 162 g/mol. The van der Waals surface area contributed by atoms with Crippen molar-refractivity contribution in [2.24, 2.45) is 0 Å². The van der Waals surface area contributed by atoms with Gasteiger partial charge in [0, 0.05) is 6.20 Å². The Kier molecular flexibility index (Phi) is 1.83. The van der Waals surface area contributed by atoms with Gasteiger partial charge in [-0.15, -0.1) is 0 Å². The van der Waals surface area contributed by atoms with E-state index in [4.69, 9.17) is 4.74 Å². The molecule has 0 atom stereocenters. The Bertz CT molecular complexity index is 355. The number of rotatable bonds is 1. The van der Waals surface area contributed by atoms with Crippen molar-refractivity contribution >= 4 is 0 Å². The van der Waals surface area contributed by atoms with Gasteiger partial charge in [-0.1, -0.05) is 20.4 Å². The summed E-state index contributed by atoms with van der Waals surface area (Å²) in [6.45, 7) is 8.07. The van der Waals surface area contributed by atoms with Gasteiger partial charge >= 0.3 is 0 Å². The lowest BCUT2D eigenvalue weighted by Crippen LogP contribution is -1.91. The summed E-state index contributed by atoms with van der Waals surface area (Å²) in [5, 5.41) is 0. The van der Waals surface area contributed by atoms with Crippen LogP contribution in [-0.4, -0.2) is 4.98 Å². The molecule has 0 saturated carbocycles. The first kappa shape index (κ1) is 8.30. The van der Waals surface area contributed by atoms with Crippen LogP contribution in [0.25, 0.3) is 0 Å². The molecule has 0 bridgehead atoms. The van der Waals surface area contributed by atoms with E-state index < -0.39 is 0 Å². The third-order valence-electron chi connectivity index (χ3n) is 2.24. The summed E-state index contributed by atoms with van der Waals surface area (Å²) >= 11 is 0. The zero-order chi connectivity index (χ0) is 9.42. The van der Waals surface area contributed by atoms with Crippen LogP contribution in [0.2, 0.25) is 0 Å². The second-order valence-electron chi connectivity index (χ2n) is 3.69. The van der Waals surface area contributed by atoms with Gasteiger partial charge in [0.15, 0.2) is 0 Å². The quantitative estimate of drug-likeness (QED) is 0.654. The van der Waals surface area contributed by atoms with Crippen molar-refractivity contribution in [3.05, 3.63) is 35.9 Å². The molecule has 68 valence electrons. The SMILES string of the molecule is C=C1Cc2ncc(C(C)C)cc2O1. The molecule has 2 heteroatoms. The maximum absolute atomic E-state index is 5.44. The van der Waals surface area contributed by atoms with Gasteiger partial charge in [0.1, 0.15) is 11.5 Å². The highest BCUT2D eigenvalue weighted by Crippen LogP contribution is 2.30. The first-order valence-corrected chi connectivity index (χ1v) is 4.51. The third kappa shape index (κ3) is 1.44. The summed E-state index contributed by atoms with van der Waals surface area (Å²) in [5.74, 6) is 2.18. The first-order valence-electron chi connectivity index (χ1n) is 4.51. The molecule has 0 radical (unpaired) electrons. The van der Waals surface area contributed by atoms with E-state index in [0.29, 0.717) is 5.92 Å². The molecule has 1 aromatic rings. The van der Waals surface area contributed by atoms with E-state index in [-0.39, 0.29) is 0 Å². The fraction of sp³-hybridized carbons (Fsp3) is 0.364. The highest BCUT2D eigenvalue weighted by Gasteiger charge is 2.17. The number of allylic oxidation sites excluding steroid dienone is 1. The molecule has 0 fully saturated rings. The minimum Gasteiger partial charge on any atom is -0.460 e. The van der Waals surface area contributed by atoms with Crippen LogP contribution in [0.5, 0.6) is 5.75 Å². The molecule has 13 heavy (non-hydrogen) atoms. The van der Waals surface area contributed by atoms with Gasteiger partial charge in [0.25, 0.3) is 0 Å². The van der Waals surface area contributed by atoms with Gasteiger partial charge < -0.3 is 4.74 Å². The molecule has 0 amide bonds. The summed E-state index contributed by atoms with van der Waals surface area (Å²) < 4.78 is 5.44. The minimum atomic E-state index is 0.496. The Morgan fingerprint density at radius 2 is 2.31 bits per heavy atom. The summed E-state index contributed by atoms with van der Waals surface area (Å²) in [6, 6.07) is 2.06. The zero-order valence-corrected chi connectivity index (χ0v) is 8.00. The standard InChI is InChI=1S/C11H13NO/c1-7(2)9-5-11-10(12-6-9)4-8(3)13-11/h5-7H,3-4H2,1-2H3. The fourth-order valence-corrected chi connectivity index (χ4v) is 1.40. The molecule has 0 aliphatic carbocycles. The second-order valence-corrected chi connectivity index (χ2v) is 3.69. The van der Waals surface area contributed by atoms with Crippen LogP contribution < -0.4 is 4.74 Å². The van der Waals surface area contributed by atoms with Gasteiger partial charge in [-0.3, -0.25) is 4.98 Å². The average Bonchev–Trinajstić information content (AvgIpc) is 2.42. The van der Waals surface area contributed by atoms with Crippen LogP contribution in [-0.2, 0) is 6.42 Å². The van der Waals surface area contributed by atoms with Crippen molar-refractivity contribution in [3.63, 3.8) is 0 Å². The van der Waals surface area contributed by atoms with E-state index in [1.165, 1.54) is 5.56 Å². The van der Waals surface area contributed by atoms with Gasteiger partial charge in [0.2, 0.25) is 0 Å². The molecular formula is C11H13NO. The van der Waals surface area contributed by atoms with Gasteiger partial charge in [-0.2, -0.15) is 0 Å². The molecule has 2 rings (SSSR count). The molecule has 1 aliphatic rings. The van der Waals surface area contributed by atoms with E-state index in [2.05, 4.69) is 31.5 Å². The normalized spacial score (nSPS) is 14.5. The van der Waals surface area contributed by atoms with Crippen LogP contribution in [0, 0.1) is 0 Å². The maximum Gasteiger partial charge on any atom is 0.149 e. The lowest BCUT2D eigenvalue weighted by atomic mass is 10.1. The Balaban J connectivity index is 2.40. The maximum atomic E-state index is 5.44. The van der Waals surface area contributed by atoms with Crippen LogP contribution in [0.4, 0.5) is 0 Å². The number of nitrogens with zero attached hydrogens (tertiary/aromatic N) is 1. The molecule has 1 aromatic heterocycles. The molecule has 0 saturated heterocycles. The summed E-state index contributed by atoms with van der Waals surface area (Å²) in [7, 11) is 0.